The van der Waals surface area contributed by atoms with Crippen LogP contribution < -0.4 is 4.66 Å². The van der Waals surface area contributed by atoms with Gasteiger partial charge in [-0.15, -0.1) is 11.6 Å². The highest BCUT2D eigenvalue weighted by atomic mass is 35.5. The number of halogens is 1. The summed E-state index contributed by atoms with van der Waals surface area (Å²) in [6.07, 6.45) is 0. The minimum atomic E-state index is -0.358. The number of fused-ring (bicyclic) bond motifs is 2. The molecule has 19 heavy (non-hydrogen) atoms. The predicted octanol–water partition coefficient (Wildman–Crippen LogP) is 0.745. The molecule has 1 aromatic heterocycles. The van der Waals surface area contributed by atoms with Crippen LogP contribution in [0.25, 0.3) is 0 Å². The zero-order valence-electron chi connectivity index (χ0n) is 9.72. The number of aromatic nitrogens is 3. The van der Waals surface area contributed by atoms with Gasteiger partial charge in [-0.1, -0.05) is 34.0 Å². The number of aromatic amines is 1. The standard InChI is InChI=1S/C12H8ClN3O3/c13-5-6-15-10-9(14-16(15)19)11(17)7-3-1-2-4-8(7)12(10)18/h1-4H,5-6H2/p+1. The molecule has 0 bridgehead atoms. The first-order chi connectivity index (χ1) is 9.15. The number of benzene rings is 1. The van der Waals surface area contributed by atoms with Gasteiger partial charge >= 0.3 is 0 Å². The normalized spacial score (nSPS) is 13.3. The molecule has 3 rings (SSSR count). The van der Waals surface area contributed by atoms with Crippen molar-refractivity contribution in [2.75, 3.05) is 5.88 Å². The number of nitrogens with zero attached hydrogens (tertiary/aromatic N) is 2. The van der Waals surface area contributed by atoms with Gasteiger partial charge in [-0.05, 0) is 0 Å². The number of carbonyl (C=O) groups excluding carboxylic acids is 2. The van der Waals surface area contributed by atoms with Crippen molar-refractivity contribution in [3.63, 3.8) is 0 Å². The molecular formula is C12H9ClN3O3+. The first-order valence-electron chi connectivity index (χ1n) is 5.65. The number of H-pyrrole nitrogens is 1. The van der Waals surface area contributed by atoms with Gasteiger partial charge in [0.2, 0.25) is 11.6 Å². The lowest BCUT2D eigenvalue weighted by Crippen LogP contribution is -2.32. The van der Waals surface area contributed by atoms with Gasteiger partial charge in [0.25, 0.3) is 4.66 Å². The first-order valence-corrected chi connectivity index (χ1v) is 6.18. The van der Waals surface area contributed by atoms with Crippen LogP contribution in [0.2, 0.25) is 0 Å². The van der Waals surface area contributed by atoms with E-state index in [2.05, 4.69) is 5.10 Å². The molecule has 6 nitrogen and oxygen atoms in total. The van der Waals surface area contributed by atoms with Crippen molar-refractivity contribution in [1.82, 2.24) is 9.78 Å². The molecule has 0 fully saturated rings. The lowest BCUT2D eigenvalue weighted by atomic mass is 9.90. The van der Waals surface area contributed by atoms with E-state index in [-0.39, 0.29) is 35.4 Å². The van der Waals surface area contributed by atoms with Crippen LogP contribution in [0.5, 0.6) is 0 Å². The Bertz CT molecular complexity index is 760. The van der Waals surface area contributed by atoms with E-state index in [0.29, 0.717) is 15.8 Å². The first kappa shape index (κ1) is 11.9. The Morgan fingerprint density at radius 1 is 1.16 bits per heavy atom. The number of hydrogen-bond acceptors (Lipinski definition) is 3. The molecule has 96 valence electrons. The van der Waals surface area contributed by atoms with Crippen molar-refractivity contribution in [2.24, 2.45) is 0 Å². The van der Waals surface area contributed by atoms with E-state index in [1.807, 2.05) is 0 Å². The number of hydrogen-bond donors (Lipinski definition) is 1. The van der Waals surface area contributed by atoms with Crippen LogP contribution in [0.4, 0.5) is 0 Å². The molecule has 0 amide bonds. The topological polar surface area (TPSA) is 77.8 Å². The molecule has 1 aromatic carbocycles. The molecule has 0 radical (unpaired) electrons. The molecule has 0 spiro atoms. The molecule has 1 N–H and O–H groups in total. The summed E-state index contributed by atoms with van der Waals surface area (Å²) >= 11 is 5.61. The van der Waals surface area contributed by atoms with Crippen molar-refractivity contribution in [3.05, 3.63) is 51.7 Å². The summed E-state index contributed by atoms with van der Waals surface area (Å²) in [7, 11) is 0. The Balaban J connectivity index is 2.30. The molecular weight excluding hydrogens is 270 g/mol. The van der Waals surface area contributed by atoms with Gasteiger partial charge in [-0.3, -0.25) is 9.59 Å². The maximum absolute atomic E-state index is 12.4. The van der Waals surface area contributed by atoms with E-state index in [0.717, 1.165) is 4.68 Å². The summed E-state index contributed by atoms with van der Waals surface area (Å²) in [5.74, 6) is -0.537. The molecule has 0 atom stereocenters. The average molecular weight is 279 g/mol. The highest BCUT2D eigenvalue weighted by molar-refractivity contribution is 6.26. The fourth-order valence-corrected chi connectivity index (χ4v) is 2.40. The maximum Gasteiger partial charge on any atom is 0.258 e. The highest BCUT2D eigenvalue weighted by Crippen LogP contribution is 2.24. The van der Waals surface area contributed by atoms with Crippen molar-refractivity contribution in [1.29, 1.82) is 0 Å². The van der Waals surface area contributed by atoms with Gasteiger partial charge in [0, 0.05) is 17.0 Å². The van der Waals surface area contributed by atoms with E-state index >= 15 is 0 Å². The second-order valence-corrected chi connectivity index (χ2v) is 4.50. The minimum Gasteiger partial charge on any atom is -0.287 e. The summed E-state index contributed by atoms with van der Waals surface area (Å²) in [5.41, 5.74) is 0.700. The number of rotatable bonds is 2. The van der Waals surface area contributed by atoms with Crippen LogP contribution in [-0.4, -0.2) is 27.2 Å². The molecule has 7 heteroatoms. The van der Waals surface area contributed by atoms with Crippen LogP contribution in [0.1, 0.15) is 32.1 Å². The number of nitrogens with one attached hydrogen (secondary N) is 1. The van der Waals surface area contributed by atoms with Crippen molar-refractivity contribution in [3.8, 4) is 0 Å². The lowest BCUT2D eigenvalue weighted by molar-refractivity contribution is -0.652. The Labute approximate surface area is 112 Å². The number of ketones is 2. The molecule has 0 saturated carbocycles. The minimum absolute atomic E-state index is 0.0174. The zero-order valence-corrected chi connectivity index (χ0v) is 10.5. The van der Waals surface area contributed by atoms with Crippen molar-refractivity contribution < 1.29 is 14.2 Å². The highest BCUT2D eigenvalue weighted by Gasteiger charge is 2.38. The summed E-state index contributed by atoms with van der Waals surface area (Å²) in [6, 6.07) is 6.50. The molecule has 0 aliphatic heterocycles. The second kappa shape index (κ2) is 4.17. The maximum atomic E-state index is 12.4. The predicted molar refractivity (Wildman–Crippen MR) is 66.2 cm³/mol. The number of carbonyl (C=O) groups is 2. The third kappa shape index (κ3) is 1.57. The van der Waals surface area contributed by atoms with Crippen LogP contribution in [0, 0.1) is 4.91 Å². The van der Waals surface area contributed by atoms with Gasteiger partial charge in [0.1, 0.15) is 6.54 Å². The second-order valence-electron chi connectivity index (χ2n) is 4.12. The van der Waals surface area contributed by atoms with Crippen LogP contribution in [-0.2, 0) is 6.54 Å². The monoisotopic (exact) mass is 278 g/mol. The van der Waals surface area contributed by atoms with Crippen LogP contribution in [0.15, 0.2) is 24.3 Å². The fraction of sp³-hybridized carbons (Fsp3) is 0.167. The third-order valence-corrected chi connectivity index (χ3v) is 3.25. The molecule has 2 aromatic rings. The van der Waals surface area contributed by atoms with Gasteiger partial charge < -0.3 is 0 Å². The van der Waals surface area contributed by atoms with E-state index < -0.39 is 0 Å². The van der Waals surface area contributed by atoms with Gasteiger partial charge in [0.15, 0.2) is 11.4 Å². The molecule has 1 aliphatic carbocycles. The van der Waals surface area contributed by atoms with Crippen molar-refractivity contribution >= 4 is 23.2 Å². The van der Waals surface area contributed by atoms with Gasteiger partial charge in [-0.25, -0.2) is 0 Å². The largest absolute Gasteiger partial charge is 0.287 e. The van der Waals surface area contributed by atoms with E-state index in [4.69, 9.17) is 11.6 Å². The molecule has 0 unspecified atom stereocenters. The summed E-state index contributed by atoms with van der Waals surface area (Å²) in [6.45, 7) is 0.151. The van der Waals surface area contributed by atoms with Gasteiger partial charge in [-0.2, -0.15) is 0 Å². The SMILES string of the molecule is O=C1c2ccccc2C(=O)c2c1[nH][n+](=O)n2CCCl. The summed E-state index contributed by atoms with van der Waals surface area (Å²) in [4.78, 5) is 36.3. The van der Waals surface area contributed by atoms with Crippen LogP contribution >= 0.6 is 11.6 Å². The summed E-state index contributed by atoms with van der Waals surface area (Å²) < 4.78 is 1.51. The quantitative estimate of drug-likeness (QED) is 0.555. The van der Waals surface area contributed by atoms with E-state index in [1.165, 1.54) is 0 Å². The molecule has 0 saturated heterocycles. The average Bonchev–Trinajstić information content (AvgIpc) is 2.75. The Kier molecular flexibility index (Phi) is 2.60. The zero-order chi connectivity index (χ0) is 13.6. The fourth-order valence-electron chi connectivity index (χ4n) is 2.24. The van der Waals surface area contributed by atoms with E-state index in [9.17, 15) is 14.5 Å². The smallest absolute Gasteiger partial charge is 0.258 e. The van der Waals surface area contributed by atoms with E-state index in [1.54, 1.807) is 24.3 Å². The van der Waals surface area contributed by atoms with Crippen molar-refractivity contribution in [2.45, 2.75) is 6.54 Å². The van der Waals surface area contributed by atoms with Gasteiger partial charge in [0.05, 0.1) is 4.91 Å². The van der Waals surface area contributed by atoms with Crippen LogP contribution in [0.3, 0.4) is 0 Å². The Morgan fingerprint density at radius 2 is 1.79 bits per heavy atom. The number of alkyl halides is 1. The molecule has 1 heterocycles. The Hall–Kier alpha value is -2.21. The Morgan fingerprint density at radius 3 is 2.42 bits per heavy atom. The summed E-state index contributed by atoms with van der Waals surface area (Å²) in [5, 5.41) is 2.37. The molecule has 1 aliphatic rings. The lowest BCUT2D eigenvalue weighted by Gasteiger charge is -2.11. The third-order valence-electron chi connectivity index (χ3n) is 3.08.